The molecule has 1 unspecified atom stereocenters. The maximum absolute atomic E-state index is 12.3. The Hall–Kier alpha value is -2.14. The topological polar surface area (TPSA) is 47.6 Å². The Morgan fingerprint density at radius 3 is 2.54 bits per heavy atom. The number of hydrogen-bond donors (Lipinski definition) is 1. The first-order valence-corrected chi connectivity index (χ1v) is 8.81. The Morgan fingerprint density at radius 2 is 1.88 bits per heavy atom. The minimum Gasteiger partial charge on any atom is -0.497 e. The molecular weight excluding hydrogens is 322 g/mol. The molecule has 0 saturated carbocycles. The van der Waals surface area contributed by atoms with E-state index in [1.54, 1.807) is 7.11 Å². The number of para-hydroxylation sites is 1. The summed E-state index contributed by atoms with van der Waals surface area (Å²) in [5, 5.41) is 2.79. The van der Waals surface area contributed by atoms with Crippen molar-refractivity contribution < 1.29 is 14.3 Å². The molecule has 128 valence electrons. The quantitative estimate of drug-likeness (QED) is 0.737. The second-order valence-electron chi connectivity index (χ2n) is 5.19. The molecule has 0 spiro atoms. The minimum atomic E-state index is -0.183. The summed E-state index contributed by atoms with van der Waals surface area (Å²) in [5.74, 6) is 1.63. The lowest BCUT2D eigenvalue weighted by Crippen LogP contribution is -2.30. The van der Waals surface area contributed by atoms with E-state index in [-0.39, 0.29) is 11.2 Å². The third-order valence-corrected chi connectivity index (χ3v) is 4.58. The van der Waals surface area contributed by atoms with Crippen LogP contribution < -0.4 is 14.8 Å². The molecule has 0 heterocycles. The van der Waals surface area contributed by atoms with Gasteiger partial charge in [-0.3, -0.25) is 4.79 Å². The van der Waals surface area contributed by atoms with Crippen molar-refractivity contribution in [1.29, 1.82) is 0 Å². The van der Waals surface area contributed by atoms with Crippen molar-refractivity contribution in [3.63, 3.8) is 0 Å². The van der Waals surface area contributed by atoms with Gasteiger partial charge in [0.05, 0.1) is 19.0 Å². The largest absolute Gasteiger partial charge is 0.497 e. The van der Waals surface area contributed by atoms with Gasteiger partial charge in [0.2, 0.25) is 5.91 Å². The first-order chi connectivity index (χ1) is 11.6. The SMILES string of the molecule is CCOc1ccccc1CNC(=O)C(C)Sc1ccc(OC)cc1. The molecule has 0 aliphatic carbocycles. The molecule has 4 nitrogen and oxygen atoms in total. The molecule has 1 amide bonds. The number of carbonyl (C=O) groups is 1. The van der Waals surface area contributed by atoms with Crippen molar-refractivity contribution in [3.05, 3.63) is 54.1 Å². The van der Waals surface area contributed by atoms with E-state index in [4.69, 9.17) is 9.47 Å². The molecule has 24 heavy (non-hydrogen) atoms. The molecule has 2 aromatic rings. The van der Waals surface area contributed by atoms with Crippen LogP contribution in [0.15, 0.2) is 53.4 Å². The summed E-state index contributed by atoms with van der Waals surface area (Å²) in [4.78, 5) is 13.4. The number of carbonyl (C=O) groups excluding carboxylic acids is 1. The van der Waals surface area contributed by atoms with Gasteiger partial charge in [0.15, 0.2) is 0 Å². The minimum absolute atomic E-state index is 0.00196. The smallest absolute Gasteiger partial charge is 0.233 e. The van der Waals surface area contributed by atoms with Crippen LogP contribution in [0.25, 0.3) is 0 Å². The number of amides is 1. The first kappa shape index (κ1) is 18.2. The first-order valence-electron chi connectivity index (χ1n) is 7.93. The van der Waals surface area contributed by atoms with E-state index in [1.807, 2.05) is 62.4 Å². The van der Waals surface area contributed by atoms with Gasteiger partial charge in [-0.05, 0) is 44.2 Å². The second-order valence-corrected chi connectivity index (χ2v) is 6.61. The van der Waals surface area contributed by atoms with Crippen molar-refractivity contribution in [1.82, 2.24) is 5.32 Å². The molecule has 0 aliphatic heterocycles. The van der Waals surface area contributed by atoms with Crippen molar-refractivity contribution >= 4 is 17.7 Å². The van der Waals surface area contributed by atoms with Crippen molar-refractivity contribution in [2.24, 2.45) is 0 Å². The maximum Gasteiger partial charge on any atom is 0.233 e. The summed E-state index contributed by atoms with van der Waals surface area (Å²) < 4.78 is 10.7. The standard InChI is InChI=1S/C19H23NO3S/c1-4-23-18-8-6-5-7-15(18)13-20-19(21)14(2)24-17-11-9-16(22-3)10-12-17/h5-12,14H,4,13H2,1-3H3,(H,20,21). The van der Waals surface area contributed by atoms with Crippen LogP contribution in [0.5, 0.6) is 11.5 Å². The number of rotatable bonds is 8. The van der Waals surface area contributed by atoms with E-state index in [1.165, 1.54) is 11.8 Å². The molecule has 2 rings (SSSR count). The highest BCUT2D eigenvalue weighted by Crippen LogP contribution is 2.25. The second kappa shape index (κ2) is 9.23. The van der Waals surface area contributed by atoms with Crippen LogP contribution in [-0.2, 0) is 11.3 Å². The fraction of sp³-hybridized carbons (Fsp3) is 0.316. The van der Waals surface area contributed by atoms with Gasteiger partial charge >= 0.3 is 0 Å². The normalized spacial score (nSPS) is 11.6. The van der Waals surface area contributed by atoms with Gasteiger partial charge in [0.25, 0.3) is 0 Å². The summed E-state index contributed by atoms with van der Waals surface area (Å²) in [5.41, 5.74) is 0.981. The van der Waals surface area contributed by atoms with E-state index in [0.29, 0.717) is 13.2 Å². The summed E-state index contributed by atoms with van der Waals surface area (Å²) in [7, 11) is 1.64. The van der Waals surface area contributed by atoms with Crippen molar-refractivity contribution in [2.45, 2.75) is 30.5 Å². The Kier molecular flexibility index (Phi) is 7.00. The van der Waals surface area contributed by atoms with E-state index >= 15 is 0 Å². The van der Waals surface area contributed by atoms with Crippen molar-refractivity contribution in [2.75, 3.05) is 13.7 Å². The van der Waals surface area contributed by atoms with Gasteiger partial charge in [-0.25, -0.2) is 0 Å². The number of nitrogens with one attached hydrogen (secondary N) is 1. The number of ether oxygens (including phenoxy) is 2. The van der Waals surface area contributed by atoms with E-state index < -0.39 is 0 Å². The van der Waals surface area contributed by atoms with E-state index in [0.717, 1.165) is 22.0 Å². The molecule has 0 aromatic heterocycles. The predicted molar refractivity (Wildman–Crippen MR) is 97.8 cm³/mol. The fourth-order valence-electron chi connectivity index (χ4n) is 2.18. The van der Waals surface area contributed by atoms with Gasteiger partial charge in [0, 0.05) is 17.0 Å². The highest BCUT2D eigenvalue weighted by molar-refractivity contribution is 8.00. The number of benzene rings is 2. The van der Waals surface area contributed by atoms with Crippen LogP contribution in [0.4, 0.5) is 0 Å². The third-order valence-electron chi connectivity index (χ3n) is 3.47. The number of thioether (sulfide) groups is 1. The van der Waals surface area contributed by atoms with Crippen LogP contribution in [0.3, 0.4) is 0 Å². The summed E-state index contributed by atoms with van der Waals surface area (Å²) in [6.07, 6.45) is 0. The molecule has 0 fully saturated rings. The molecule has 1 N–H and O–H groups in total. The Morgan fingerprint density at radius 1 is 1.17 bits per heavy atom. The van der Waals surface area contributed by atoms with Gasteiger partial charge < -0.3 is 14.8 Å². The Bertz CT molecular complexity index is 658. The molecule has 2 aromatic carbocycles. The summed E-state index contributed by atoms with van der Waals surface area (Å²) in [6, 6.07) is 15.5. The van der Waals surface area contributed by atoms with Crippen LogP contribution in [0.2, 0.25) is 0 Å². The predicted octanol–water partition coefficient (Wildman–Crippen LogP) is 3.89. The molecule has 0 saturated heterocycles. The zero-order valence-corrected chi connectivity index (χ0v) is 15.1. The molecule has 0 aliphatic rings. The fourth-order valence-corrected chi connectivity index (χ4v) is 3.08. The number of methoxy groups -OCH3 is 1. The van der Waals surface area contributed by atoms with Gasteiger partial charge in [-0.2, -0.15) is 0 Å². The third kappa shape index (κ3) is 5.20. The Labute approximate surface area is 147 Å². The molecule has 0 bridgehead atoms. The molecule has 0 radical (unpaired) electrons. The van der Waals surface area contributed by atoms with Gasteiger partial charge in [-0.1, -0.05) is 18.2 Å². The summed E-state index contributed by atoms with van der Waals surface area (Å²) >= 11 is 1.52. The van der Waals surface area contributed by atoms with E-state index in [2.05, 4.69) is 5.32 Å². The lowest BCUT2D eigenvalue weighted by Gasteiger charge is -2.14. The van der Waals surface area contributed by atoms with Gasteiger partial charge in [-0.15, -0.1) is 11.8 Å². The molecule has 1 atom stereocenters. The van der Waals surface area contributed by atoms with Crippen LogP contribution in [0.1, 0.15) is 19.4 Å². The van der Waals surface area contributed by atoms with Crippen LogP contribution >= 0.6 is 11.8 Å². The number of hydrogen-bond acceptors (Lipinski definition) is 4. The molecule has 5 heteroatoms. The highest BCUT2D eigenvalue weighted by atomic mass is 32.2. The average Bonchev–Trinajstić information content (AvgIpc) is 2.61. The summed E-state index contributed by atoms with van der Waals surface area (Å²) in [6.45, 7) is 4.92. The maximum atomic E-state index is 12.3. The Balaban J connectivity index is 1.89. The lowest BCUT2D eigenvalue weighted by molar-refractivity contribution is -0.120. The van der Waals surface area contributed by atoms with Crippen LogP contribution in [0, 0.1) is 0 Å². The highest BCUT2D eigenvalue weighted by Gasteiger charge is 2.15. The zero-order valence-electron chi connectivity index (χ0n) is 14.2. The average molecular weight is 345 g/mol. The van der Waals surface area contributed by atoms with Crippen molar-refractivity contribution in [3.8, 4) is 11.5 Å². The monoisotopic (exact) mass is 345 g/mol. The van der Waals surface area contributed by atoms with Crippen LogP contribution in [-0.4, -0.2) is 24.9 Å². The lowest BCUT2D eigenvalue weighted by atomic mass is 10.2. The molecular formula is C19H23NO3S. The van der Waals surface area contributed by atoms with Gasteiger partial charge in [0.1, 0.15) is 11.5 Å². The zero-order chi connectivity index (χ0) is 17.4. The van der Waals surface area contributed by atoms with E-state index in [9.17, 15) is 4.79 Å².